The predicted octanol–water partition coefficient (Wildman–Crippen LogP) is 0.929. The molecular formula is C10H9NO4. The van der Waals surface area contributed by atoms with E-state index in [2.05, 4.69) is 4.98 Å². The molecule has 0 fully saturated rings. The van der Waals surface area contributed by atoms with Gasteiger partial charge in [0.1, 0.15) is 6.61 Å². The van der Waals surface area contributed by atoms with Gasteiger partial charge in [-0.1, -0.05) is 0 Å². The zero-order chi connectivity index (χ0) is 10.8. The lowest BCUT2D eigenvalue weighted by Gasteiger charge is -2.01. The third-order valence-corrected chi connectivity index (χ3v) is 2.04. The summed E-state index contributed by atoms with van der Waals surface area (Å²) in [5.41, 5.74) is 1.18. The number of nitrogens with zero attached hydrogens (tertiary/aromatic N) is 1. The van der Waals surface area contributed by atoms with Crippen molar-refractivity contribution in [1.82, 2.24) is 4.98 Å². The van der Waals surface area contributed by atoms with Crippen LogP contribution in [-0.4, -0.2) is 23.5 Å². The Bertz CT molecular complexity index is 427. The molecule has 1 aromatic heterocycles. The first kappa shape index (κ1) is 9.64. The second-order valence-corrected chi connectivity index (χ2v) is 3.01. The van der Waals surface area contributed by atoms with Crippen LogP contribution >= 0.6 is 0 Å². The van der Waals surface area contributed by atoms with E-state index in [0.717, 1.165) is 0 Å². The molecule has 78 valence electrons. The Morgan fingerprint density at radius 3 is 3.20 bits per heavy atom. The topological polar surface area (TPSA) is 65.5 Å². The zero-order valence-corrected chi connectivity index (χ0v) is 8.15. The van der Waals surface area contributed by atoms with Crippen LogP contribution in [0, 0.1) is 0 Å². The quantitative estimate of drug-likeness (QED) is 0.675. The number of hydrogen-bond acceptors (Lipinski definition) is 5. The van der Waals surface area contributed by atoms with E-state index in [1.807, 2.05) is 0 Å². The fourth-order valence-corrected chi connectivity index (χ4v) is 1.32. The van der Waals surface area contributed by atoms with Gasteiger partial charge in [0.15, 0.2) is 0 Å². The molecule has 2 rings (SSSR count). The Morgan fingerprint density at radius 2 is 2.47 bits per heavy atom. The maximum absolute atomic E-state index is 11.3. The largest absolute Gasteiger partial charge is 0.462 e. The third-order valence-electron chi connectivity index (χ3n) is 2.04. The van der Waals surface area contributed by atoms with E-state index in [0.29, 0.717) is 17.9 Å². The molecule has 1 aliphatic rings. The Balaban J connectivity index is 2.33. The molecule has 15 heavy (non-hydrogen) atoms. The lowest BCUT2D eigenvalue weighted by Crippen LogP contribution is -2.07. The number of cyclic esters (lactones) is 1. The van der Waals surface area contributed by atoms with E-state index in [-0.39, 0.29) is 12.2 Å². The summed E-state index contributed by atoms with van der Waals surface area (Å²) in [5, 5.41) is 0. The second kappa shape index (κ2) is 3.68. The lowest BCUT2D eigenvalue weighted by atomic mass is 10.1. The SMILES string of the molecule is CCOC(=O)c1cnc2c(c1)C(=O)OC2. The van der Waals surface area contributed by atoms with Gasteiger partial charge in [-0.25, -0.2) is 9.59 Å². The van der Waals surface area contributed by atoms with Gasteiger partial charge in [-0.2, -0.15) is 0 Å². The van der Waals surface area contributed by atoms with Crippen molar-refractivity contribution in [3.63, 3.8) is 0 Å². The van der Waals surface area contributed by atoms with Crippen LogP contribution in [0.2, 0.25) is 0 Å². The summed E-state index contributed by atoms with van der Waals surface area (Å²) in [6.07, 6.45) is 1.39. The minimum atomic E-state index is -0.479. The lowest BCUT2D eigenvalue weighted by molar-refractivity contribution is 0.0524. The van der Waals surface area contributed by atoms with E-state index in [1.165, 1.54) is 12.3 Å². The van der Waals surface area contributed by atoms with Crippen LogP contribution in [0.25, 0.3) is 0 Å². The summed E-state index contributed by atoms with van der Waals surface area (Å²) >= 11 is 0. The van der Waals surface area contributed by atoms with Crippen LogP contribution in [-0.2, 0) is 16.1 Å². The van der Waals surface area contributed by atoms with Crippen LogP contribution < -0.4 is 0 Å². The number of ether oxygens (including phenoxy) is 2. The van der Waals surface area contributed by atoms with Gasteiger partial charge in [0.05, 0.1) is 23.4 Å². The van der Waals surface area contributed by atoms with Crippen molar-refractivity contribution in [2.75, 3.05) is 6.61 Å². The smallest absolute Gasteiger partial charge is 0.340 e. The van der Waals surface area contributed by atoms with E-state index in [9.17, 15) is 9.59 Å². The molecule has 0 aliphatic carbocycles. The summed E-state index contributed by atoms with van der Waals surface area (Å²) in [6.45, 7) is 2.19. The van der Waals surface area contributed by atoms with Crippen LogP contribution in [0.15, 0.2) is 12.3 Å². The second-order valence-electron chi connectivity index (χ2n) is 3.01. The maximum atomic E-state index is 11.3. The summed E-state index contributed by atoms with van der Waals surface area (Å²) in [7, 11) is 0. The fourth-order valence-electron chi connectivity index (χ4n) is 1.32. The van der Waals surface area contributed by atoms with Gasteiger partial charge in [0.25, 0.3) is 0 Å². The number of fused-ring (bicyclic) bond motifs is 1. The van der Waals surface area contributed by atoms with Crippen molar-refractivity contribution in [1.29, 1.82) is 0 Å². The van der Waals surface area contributed by atoms with Gasteiger partial charge >= 0.3 is 11.9 Å². The first-order valence-electron chi connectivity index (χ1n) is 4.55. The number of rotatable bonds is 2. The van der Waals surface area contributed by atoms with Crippen LogP contribution in [0.4, 0.5) is 0 Å². The summed E-state index contributed by atoms with van der Waals surface area (Å²) in [6, 6.07) is 1.45. The molecule has 0 unspecified atom stereocenters. The molecular weight excluding hydrogens is 198 g/mol. The minimum absolute atomic E-state index is 0.178. The van der Waals surface area contributed by atoms with E-state index in [4.69, 9.17) is 9.47 Å². The third kappa shape index (κ3) is 1.68. The number of aromatic nitrogens is 1. The summed E-state index contributed by atoms with van der Waals surface area (Å²) < 4.78 is 9.56. The standard InChI is InChI=1S/C10H9NO4/c1-2-14-9(12)6-3-7-8(11-4-6)5-15-10(7)13/h3-4H,2,5H2,1H3. The highest BCUT2D eigenvalue weighted by molar-refractivity contribution is 5.96. The van der Waals surface area contributed by atoms with Crippen molar-refractivity contribution < 1.29 is 19.1 Å². The molecule has 0 saturated carbocycles. The Kier molecular flexibility index (Phi) is 2.37. The molecule has 0 bridgehead atoms. The van der Waals surface area contributed by atoms with Crippen LogP contribution in [0.1, 0.15) is 33.3 Å². The number of carbonyl (C=O) groups excluding carboxylic acids is 2. The minimum Gasteiger partial charge on any atom is -0.462 e. The average Bonchev–Trinajstić information content (AvgIpc) is 2.60. The molecule has 0 radical (unpaired) electrons. The average molecular weight is 207 g/mol. The van der Waals surface area contributed by atoms with Gasteiger partial charge in [0, 0.05) is 6.20 Å². The number of hydrogen-bond donors (Lipinski definition) is 0. The molecule has 1 aromatic rings. The van der Waals surface area contributed by atoms with Gasteiger partial charge in [-0.3, -0.25) is 4.98 Å². The molecule has 0 N–H and O–H groups in total. The molecule has 1 aliphatic heterocycles. The first-order valence-corrected chi connectivity index (χ1v) is 4.55. The molecule has 0 saturated heterocycles. The van der Waals surface area contributed by atoms with E-state index in [1.54, 1.807) is 6.92 Å². The van der Waals surface area contributed by atoms with Crippen molar-refractivity contribution in [3.8, 4) is 0 Å². The van der Waals surface area contributed by atoms with Crippen molar-refractivity contribution >= 4 is 11.9 Å². The monoisotopic (exact) mass is 207 g/mol. The highest BCUT2D eigenvalue weighted by Crippen LogP contribution is 2.18. The molecule has 5 nitrogen and oxygen atoms in total. The molecule has 0 amide bonds. The van der Waals surface area contributed by atoms with Crippen molar-refractivity contribution in [3.05, 3.63) is 29.1 Å². The van der Waals surface area contributed by atoms with E-state index < -0.39 is 11.9 Å². The molecule has 5 heteroatoms. The van der Waals surface area contributed by atoms with Gasteiger partial charge in [0.2, 0.25) is 0 Å². The van der Waals surface area contributed by atoms with Gasteiger partial charge < -0.3 is 9.47 Å². The van der Waals surface area contributed by atoms with Gasteiger partial charge in [-0.05, 0) is 13.0 Å². The predicted molar refractivity (Wildman–Crippen MR) is 49.3 cm³/mol. The molecule has 0 aromatic carbocycles. The maximum Gasteiger partial charge on any atom is 0.340 e. The van der Waals surface area contributed by atoms with Crippen LogP contribution in [0.5, 0.6) is 0 Å². The van der Waals surface area contributed by atoms with Crippen LogP contribution in [0.3, 0.4) is 0 Å². The highest BCUT2D eigenvalue weighted by Gasteiger charge is 2.24. The van der Waals surface area contributed by atoms with Gasteiger partial charge in [-0.15, -0.1) is 0 Å². The fraction of sp³-hybridized carbons (Fsp3) is 0.300. The first-order chi connectivity index (χ1) is 7.22. The van der Waals surface area contributed by atoms with E-state index >= 15 is 0 Å². The summed E-state index contributed by atoms with van der Waals surface area (Å²) in [5.74, 6) is -0.920. The van der Waals surface area contributed by atoms with Crippen molar-refractivity contribution in [2.45, 2.75) is 13.5 Å². The normalized spacial score (nSPS) is 13.3. The Labute approximate surface area is 86.0 Å². The number of carbonyl (C=O) groups is 2. The van der Waals surface area contributed by atoms with Crippen molar-refractivity contribution in [2.24, 2.45) is 0 Å². The highest BCUT2D eigenvalue weighted by atomic mass is 16.5. The number of pyridine rings is 1. The molecule has 0 atom stereocenters. The number of esters is 2. The Morgan fingerprint density at radius 1 is 1.67 bits per heavy atom. The summed E-state index contributed by atoms with van der Waals surface area (Å²) in [4.78, 5) is 26.5. The zero-order valence-electron chi connectivity index (χ0n) is 8.15. The molecule has 0 spiro atoms. The molecule has 2 heterocycles. The Hall–Kier alpha value is -1.91.